The molecule has 1 aromatic carbocycles. The van der Waals surface area contributed by atoms with E-state index >= 15 is 0 Å². The summed E-state index contributed by atoms with van der Waals surface area (Å²) in [6.07, 6.45) is -6.14. The highest BCUT2D eigenvalue weighted by Crippen LogP contribution is 2.29. The molecule has 1 atom stereocenters. The molecule has 1 nitrogen and oxygen atoms in total. The first-order valence-corrected chi connectivity index (χ1v) is 4.34. The number of rotatable bonds is 3. The van der Waals surface area contributed by atoms with E-state index in [0.717, 1.165) is 12.1 Å². The Bertz CT molecular complexity index is 321. The summed E-state index contributed by atoms with van der Waals surface area (Å²) in [5.41, 5.74) is -0.573. The highest BCUT2D eigenvalue weighted by atomic mass is 19.4. The molecule has 1 rings (SSSR count). The minimum atomic E-state index is -4.42. The maximum Gasteiger partial charge on any atom is 0.416 e. The van der Waals surface area contributed by atoms with Crippen molar-refractivity contribution in [3.8, 4) is 0 Å². The summed E-state index contributed by atoms with van der Waals surface area (Å²) >= 11 is 0. The average molecular weight is 222 g/mol. The van der Waals surface area contributed by atoms with Crippen LogP contribution in [-0.4, -0.2) is 17.9 Å². The summed E-state index contributed by atoms with van der Waals surface area (Å²) in [6, 6.07) is 4.44. The Kier molecular flexibility index (Phi) is 3.68. The molecular formula is C10H10F4O. The van der Waals surface area contributed by atoms with Crippen molar-refractivity contribution >= 4 is 0 Å². The molecule has 1 N–H and O–H groups in total. The van der Waals surface area contributed by atoms with E-state index in [9.17, 15) is 17.6 Å². The lowest BCUT2D eigenvalue weighted by Crippen LogP contribution is -2.11. The molecule has 15 heavy (non-hydrogen) atoms. The van der Waals surface area contributed by atoms with Crippen molar-refractivity contribution in [3.63, 3.8) is 0 Å². The quantitative estimate of drug-likeness (QED) is 0.779. The second kappa shape index (κ2) is 4.61. The summed E-state index contributed by atoms with van der Waals surface area (Å²) in [7, 11) is 0. The fourth-order valence-corrected chi connectivity index (χ4v) is 1.19. The lowest BCUT2D eigenvalue weighted by Gasteiger charge is -2.09. The van der Waals surface area contributed by atoms with E-state index in [2.05, 4.69) is 0 Å². The molecule has 0 aliphatic rings. The SMILES string of the molecule is OC[C@H](F)Cc1cccc(C(F)(F)F)c1. The first-order chi connectivity index (χ1) is 6.93. The van der Waals surface area contributed by atoms with Crippen LogP contribution >= 0.6 is 0 Å². The van der Waals surface area contributed by atoms with Gasteiger partial charge in [0, 0.05) is 6.42 Å². The largest absolute Gasteiger partial charge is 0.416 e. The summed E-state index contributed by atoms with van der Waals surface area (Å²) in [4.78, 5) is 0. The normalized spacial score (nSPS) is 13.9. The fraction of sp³-hybridized carbons (Fsp3) is 0.400. The number of benzene rings is 1. The molecular weight excluding hydrogens is 212 g/mol. The minimum absolute atomic E-state index is 0.208. The first kappa shape index (κ1) is 12.0. The zero-order valence-corrected chi connectivity index (χ0v) is 7.76. The molecule has 0 aliphatic heterocycles. The van der Waals surface area contributed by atoms with E-state index in [1.165, 1.54) is 12.1 Å². The topological polar surface area (TPSA) is 20.2 Å². The van der Waals surface area contributed by atoms with Gasteiger partial charge >= 0.3 is 6.18 Å². The lowest BCUT2D eigenvalue weighted by molar-refractivity contribution is -0.137. The van der Waals surface area contributed by atoms with Crippen molar-refractivity contribution in [1.82, 2.24) is 0 Å². The van der Waals surface area contributed by atoms with Crippen molar-refractivity contribution in [1.29, 1.82) is 0 Å². The van der Waals surface area contributed by atoms with E-state index < -0.39 is 24.5 Å². The molecule has 0 saturated carbocycles. The van der Waals surface area contributed by atoms with Gasteiger partial charge in [-0.2, -0.15) is 13.2 Å². The molecule has 0 heterocycles. The van der Waals surface area contributed by atoms with Crippen LogP contribution in [0.4, 0.5) is 17.6 Å². The Morgan fingerprint density at radius 1 is 1.27 bits per heavy atom. The fourth-order valence-electron chi connectivity index (χ4n) is 1.19. The zero-order valence-electron chi connectivity index (χ0n) is 7.76. The second-order valence-corrected chi connectivity index (χ2v) is 3.18. The van der Waals surface area contributed by atoms with Crippen LogP contribution in [0.25, 0.3) is 0 Å². The standard InChI is InChI=1S/C10H10F4O/c11-9(6-15)5-7-2-1-3-8(4-7)10(12,13)14/h1-4,9,15H,5-6H2/t9-/m1/s1. The Labute approximate surface area is 84.3 Å². The van der Waals surface area contributed by atoms with Crippen LogP contribution in [-0.2, 0) is 12.6 Å². The van der Waals surface area contributed by atoms with Crippen molar-refractivity contribution < 1.29 is 22.7 Å². The van der Waals surface area contributed by atoms with Crippen molar-refractivity contribution in [2.24, 2.45) is 0 Å². The van der Waals surface area contributed by atoms with Crippen LogP contribution in [0, 0.1) is 0 Å². The van der Waals surface area contributed by atoms with Gasteiger partial charge in [-0.25, -0.2) is 4.39 Å². The van der Waals surface area contributed by atoms with Gasteiger partial charge in [0.15, 0.2) is 0 Å². The van der Waals surface area contributed by atoms with Crippen LogP contribution in [0.3, 0.4) is 0 Å². The molecule has 0 unspecified atom stereocenters. The highest BCUT2D eigenvalue weighted by Gasteiger charge is 2.30. The van der Waals surface area contributed by atoms with Crippen LogP contribution in [0.5, 0.6) is 0 Å². The smallest absolute Gasteiger partial charge is 0.393 e. The average Bonchev–Trinajstić information content (AvgIpc) is 2.17. The highest BCUT2D eigenvalue weighted by molar-refractivity contribution is 5.26. The van der Waals surface area contributed by atoms with Gasteiger partial charge in [-0.05, 0) is 11.6 Å². The van der Waals surface area contributed by atoms with Crippen LogP contribution in [0.15, 0.2) is 24.3 Å². The summed E-state index contributed by atoms with van der Waals surface area (Å²) in [5.74, 6) is 0. The lowest BCUT2D eigenvalue weighted by atomic mass is 10.1. The monoisotopic (exact) mass is 222 g/mol. The number of hydrogen-bond acceptors (Lipinski definition) is 1. The van der Waals surface area contributed by atoms with E-state index in [0.29, 0.717) is 0 Å². The Balaban J connectivity index is 2.84. The van der Waals surface area contributed by atoms with Crippen LogP contribution in [0.2, 0.25) is 0 Å². The molecule has 0 fully saturated rings. The van der Waals surface area contributed by atoms with Crippen LogP contribution in [0.1, 0.15) is 11.1 Å². The summed E-state index contributed by atoms with van der Waals surface area (Å²) in [5, 5.41) is 8.43. The maximum absolute atomic E-state index is 12.7. The predicted octanol–water partition coefficient (Wildman–Crippen LogP) is 2.58. The molecule has 0 saturated heterocycles. The molecule has 0 bridgehead atoms. The van der Waals surface area contributed by atoms with E-state index in [4.69, 9.17) is 5.11 Å². The van der Waals surface area contributed by atoms with Crippen molar-refractivity contribution in [2.45, 2.75) is 18.8 Å². The first-order valence-electron chi connectivity index (χ1n) is 4.34. The zero-order chi connectivity index (χ0) is 11.5. The third-order valence-electron chi connectivity index (χ3n) is 1.91. The third-order valence-corrected chi connectivity index (χ3v) is 1.91. The molecule has 0 amide bonds. The van der Waals surface area contributed by atoms with Crippen molar-refractivity contribution in [3.05, 3.63) is 35.4 Å². The van der Waals surface area contributed by atoms with Gasteiger partial charge < -0.3 is 5.11 Å². The number of halogens is 4. The van der Waals surface area contributed by atoms with Gasteiger partial charge in [-0.3, -0.25) is 0 Å². The Morgan fingerprint density at radius 2 is 1.93 bits per heavy atom. The third kappa shape index (κ3) is 3.51. The molecule has 0 radical (unpaired) electrons. The number of alkyl halides is 4. The maximum atomic E-state index is 12.7. The Morgan fingerprint density at radius 3 is 2.47 bits per heavy atom. The molecule has 0 spiro atoms. The number of aliphatic hydroxyl groups excluding tert-OH is 1. The van der Waals surface area contributed by atoms with E-state index in [1.807, 2.05) is 0 Å². The van der Waals surface area contributed by atoms with Crippen molar-refractivity contribution in [2.75, 3.05) is 6.61 Å². The molecule has 84 valence electrons. The second-order valence-electron chi connectivity index (χ2n) is 3.18. The van der Waals surface area contributed by atoms with Crippen LogP contribution < -0.4 is 0 Å². The van der Waals surface area contributed by atoms with Gasteiger partial charge in [0.25, 0.3) is 0 Å². The number of aliphatic hydroxyl groups is 1. The van der Waals surface area contributed by atoms with E-state index in [1.54, 1.807) is 0 Å². The van der Waals surface area contributed by atoms with E-state index in [-0.39, 0.29) is 12.0 Å². The molecule has 1 aromatic rings. The molecule has 0 aromatic heterocycles. The Hall–Kier alpha value is -1.10. The van der Waals surface area contributed by atoms with Gasteiger partial charge in [0.2, 0.25) is 0 Å². The summed E-state index contributed by atoms with van der Waals surface area (Å²) in [6.45, 7) is -0.684. The van der Waals surface area contributed by atoms with Gasteiger partial charge in [0.1, 0.15) is 6.17 Å². The molecule has 5 heteroatoms. The molecule has 0 aliphatic carbocycles. The minimum Gasteiger partial charge on any atom is -0.393 e. The number of hydrogen-bond donors (Lipinski definition) is 1. The summed E-state index contributed by atoms with van der Waals surface area (Å²) < 4.78 is 49.4. The van der Waals surface area contributed by atoms with Gasteiger partial charge in [0.05, 0.1) is 12.2 Å². The van der Waals surface area contributed by atoms with Gasteiger partial charge in [-0.15, -0.1) is 0 Å². The predicted molar refractivity (Wildman–Crippen MR) is 47.1 cm³/mol. The van der Waals surface area contributed by atoms with Gasteiger partial charge in [-0.1, -0.05) is 18.2 Å².